The topological polar surface area (TPSA) is 33.5 Å². The lowest BCUT2D eigenvalue weighted by Gasteiger charge is -2.34. The Bertz CT molecular complexity index is 648. The van der Waals surface area contributed by atoms with Crippen LogP contribution in [0.3, 0.4) is 0 Å². The van der Waals surface area contributed by atoms with E-state index in [9.17, 15) is 4.79 Å². The SMILES string of the molecule is [C-]#[N+]c1cc(C)c(NC(=O)C(CC)[P+](CCCC)(CCCC)CCCC)c(C)c1. The van der Waals surface area contributed by atoms with E-state index in [0.29, 0.717) is 5.69 Å². The van der Waals surface area contributed by atoms with Crippen LogP contribution in [0.25, 0.3) is 4.85 Å². The van der Waals surface area contributed by atoms with E-state index >= 15 is 0 Å². The standard InChI is InChI=1S/C25H41N2OP/c1-8-12-15-29(16-13-9-2,17-14-10-3)23(11-4)25(28)27-24-20(5)18-22(26-7)19-21(24)6/h18-19,23H,8-17H2,1-6H3/p+1. The molecule has 0 fully saturated rings. The summed E-state index contributed by atoms with van der Waals surface area (Å²) in [6, 6.07) is 3.76. The molecular formula is C25H42N2OP+. The molecule has 0 aliphatic heterocycles. The molecule has 1 aromatic carbocycles. The molecule has 0 bridgehead atoms. The van der Waals surface area contributed by atoms with Gasteiger partial charge in [0.2, 0.25) is 0 Å². The highest BCUT2D eigenvalue weighted by molar-refractivity contribution is 7.77. The fourth-order valence-corrected chi connectivity index (χ4v) is 10.2. The molecule has 1 unspecified atom stereocenters. The average molecular weight is 418 g/mol. The maximum absolute atomic E-state index is 13.6. The first kappa shape index (κ1) is 25.6. The second kappa shape index (κ2) is 13.0. The van der Waals surface area contributed by atoms with E-state index in [-0.39, 0.29) is 11.6 Å². The number of aryl methyl sites for hydroxylation is 2. The molecule has 1 rings (SSSR count). The molecule has 1 N–H and O–H groups in total. The van der Waals surface area contributed by atoms with Crippen LogP contribution in [-0.4, -0.2) is 30.1 Å². The van der Waals surface area contributed by atoms with Gasteiger partial charge in [0, 0.05) is 12.9 Å². The molecule has 0 saturated carbocycles. The van der Waals surface area contributed by atoms with E-state index < -0.39 is 7.26 Å². The van der Waals surface area contributed by atoms with Crippen LogP contribution in [0.15, 0.2) is 12.1 Å². The first-order valence-corrected chi connectivity index (χ1v) is 14.0. The molecule has 162 valence electrons. The Labute approximate surface area is 180 Å². The highest BCUT2D eigenvalue weighted by atomic mass is 31.2. The summed E-state index contributed by atoms with van der Waals surface area (Å²) in [4.78, 5) is 17.1. The molecule has 0 aromatic heterocycles. The number of unbranched alkanes of at least 4 members (excludes halogenated alkanes) is 3. The predicted molar refractivity (Wildman–Crippen MR) is 131 cm³/mol. The van der Waals surface area contributed by atoms with Crippen LogP contribution in [0.2, 0.25) is 0 Å². The minimum atomic E-state index is -1.36. The maximum Gasteiger partial charge on any atom is 0.265 e. The molecule has 0 radical (unpaired) electrons. The minimum Gasteiger partial charge on any atom is -0.322 e. The Balaban J connectivity index is 3.24. The number of benzene rings is 1. The van der Waals surface area contributed by atoms with Crippen molar-refractivity contribution >= 4 is 24.5 Å². The zero-order valence-corrected chi connectivity index (χ0v) is 20.5. The van der Waals surface area contributed by atoms with E-state index in [1.807, 2.05) is 26.0 Å². The molecular weight excluding hydrogens is 375 g/mol. The Kier molecular flexibility index (Phi) is 11.5. The number of nitrogens with zero attached hydrogens (tertiary/aromatic N) is 1. The van der Waals surface area contributed by atoms with Crippen LogP contribution in [0.5, 0.6) is 0 Å². The second-order valence-corrected chi connectivity index (χ2v) is 12.8. The normalized spacial score (nSPS) is 12.4. The van der Waals surface area contributed by atoms with Gasteiger partial charge < -0.3 is 5.32 Å². The molecule has 1 atom stereocenters. The first-order chi connectivity index (χ1) is 13.9. The fraction of sp³-hybridized carbons (Fsp3) is 0.680. The Morgan fingerprint density at radius 3 is 1.76 bits per heavy atom. The van der Waals surface area contributed by atoms with E-state index in [4.69, 9.17) is 6.57 Å². The van der Waals surface area contributed by atoms with Crippen LogP contribution in [0.1, 0.15) is 83.8 Å². The summed E-state index contributed by atoms with van der Waals surface area (Å²) >= 11 is 0. The van der Waals surface area contributed by atoms with Gasteiger partial charge in [0.25, 0.3) is 5.91 Å². The van der Waals surface area contributed by atoms with Crippen molar-refractivity contribution in [2.75, 3.05) is 23.8 Å². The van der Waals surface area contributed by atoms with E-state index in [0.717, 1.165) is 23.2 Å². The van der Waals surface area contributed by atoms with Crippen molar-refractivity contribution in [1.82, 2.24) is 0 Å². The zero-order chi connectivity index (χ0) is 21.9. The Hall–Kier alpha value is -1.39. The molecule has 0 saturated heterocycles. The summed E-state index contributed by atoms with van der Waals surface area (Å²) < 4.78 is 0. The lowest BCUT2D eigenvalue weighted by Crippen LogP contribution is -2.34. The molecule has 0 heterocycles. The van der Waals surface area contributed by atoms with Crippen molar-refractivity contribution in [2.24, 2.45) is 0 Å². The predicted octanol–water partition coefficient (Wildman–Crippen LogP) is 7.99. The van der Waals surface area contributed by atoms with Gasteiger partial charge in [0.1, 0.15) is 5.66 Å². The fourth-order valence-electron chi connectivity index (χ4n) is 4.45. The summed E-state index contributed by atoms with van der Waals surface area (Å²) in [6.07, 6.45) is 12.0. The third kappa shape index (κ3) is 7.11. The van der Waals surface area contributed by atoms with Gasteiger partial charge in [-0.05, 0) is 50.7 Å². The van der Waals surface area contributed by atoms with Gasteiger partial charge in [-0.25, -0.2) is 4.85 Å². The molecule has 1 aromatic rings. The van der Waals surface area contributed by atoms with Gasteiger partial charge in [-0.1, -0.05) is 59.1 Å². The number of hydrogen-bond acceptors (Lipinski definition) is 1. The molecule has 0 spiro atoms. The Morgan fingerprint density at radius 1 is 0.966 bits per heavy atom. The number of carbonyl (C=O) groups excluding carboxylic acids is 1. The van der Waals surface area contributed by atoms with E-state index in [2.05, 4.69) is 37.9 Å². The van der Waals surface area contributed by atoms with Crippen molar-refractivity contribution in [3.63, 3.8) is 0 Å². The van der Waals surface area contributed by atoms with E-state index in [1.54, 1.807) is 0 Å². The molecule has 4 heteroatoms. The van der Waals surface area contributed by atoms with Crippen molar-refractivity contribution < 1.29 is 4.79 Å². The summed E-state index contributed by atoms with van der Waals surface area (Å²) in [5.41, 5.74) is 3.66. The smallest absolute Gasteiger partial charge is 0.265 e. The quantitative estimate of drug-likeness (QED) is 0.256. The van der Waals surface area contributed by atoms with Gasteiger partial charge >= 0.3 is 0 Å². The lowest BCUT2D eigenvalue weighted by atomic mass is 10.1. The Morgan fingerprint density at radius 2 is 1.41 bits per heavy atom. The van der Waals surface area contributed by atoms with Crippen LogP contribution in [0, 0.1) is 20.4 Å². The molecule has 1 amide bonds. The van der Waals surface area contributed by atoms with Gasteiger partial charge in [0.05, 0.1) is 25.1 Å². The molecule has 0 aliphatic rings. The third-order valence-electron chi connectivity index (χ3n) is 6.12. The van der Waals surface area contributed by atoms with Crippen LogP contribution >= 0.6 is 7.26 Å². The lowest BCUT2D eigenvalue weighted by molar-refractivity contribution is -0.115. The summed E-state index contributed by atoms with van der Waals surface area (Å²) in [6.45, 7) is 20.2. The van der Waals surface area contributed by atoms with Gasteiger partial charge in [0.15, 0.2) is 5.69 Å². The minimum absolute atomic E-state index is 0.145. The van der Waals surface area contributed by atoms with Crippen LogP contribution in [-0.2, 0) is 4.79 Å². The zero-order valence-electron chi connectivity index (χ0n) is 19.6. The monoisotopic (exact) mass is 417 g/mol. The second-order valence-electron chi connectivity index (χ2n) is 8.43. The highest BCUT2D eigenvalue weighted by Crippen LogP contribution is 2.65. The van der Waals surface area contributed by atoms with Gasteiger partial charge in [-0.15, -0.1) is 0 Å². The number of carbonyl (C=O) groups is 1. The number of rotatable bonds is 13. The number of amides is 1. The van der Waals surface area contributed by atoms with Gasteiger partial charge in [-0.2, -0.15) is 0 Å². The van der Waals surface area contributed by atoms with Crippen LogP contribution in [0.4, 0.5) is 11.4 Å². The summed E-state index contributed by atoms with van der Waals surface area (Å²) in [5, 5.41) is 3.30. The third-order valence-corrected chi connectivity index (χ3v) is 11.7. The van der Waals surface area contributed by atoms with Crippen LogP contribution < -0.4 is 5.32 Å². The molecule has 0 aliphatic carbocycles. The molecule has 3 nitrogen and oxygen atoms in total. The largest absolute Gasteiger partial charge is 0.322 e. The number of hydrogen-bond donors (Lipinski definition) is 1. The van der Waals surface area contributed by atoms with Crippen molar-refractivity contribution in [1.29, 1.82) is 0 Å². The van der Waals surface area contributed by atoms with Crippen molar-refractivity contribution in [2.45, 2.75) is 92.1 Å². The number of anilines is 1. The maximum atomic E-state index is 13.6. The molecule has 29 heavy (non-hydrogen) atoms. The van der Waals surface area contributed by atoms with E-state index in [1.165, 1.54) is 57.0 Å². The van der Waals surface area contributed by atoms with Crippen molar-refractivity contribution in [3.8, 4) is 0 Å². The highest BCUT2D eigenvalue weighted by Gasteiger charge is 2.47. The van der Waals surface area contributed by atoms with Crippen molar-refractivity contribution in [3.05, 3.63) is 34.7 Å². The first-order valence-electron chi connectivity index (χ1n) is 11.5. The number of nitrogens with one attached hydrogen (secondary N) is 1. The van der Waals surface area contributed by atoms with Gasteiger partial charge in [-0.3, -0.25) is 4.79 Å². The summed E-state index contributed by atoms with van der Waals surface area (Å²) in [5.74, 6) is 0.214. The average Bonchev–Trinajstić information content (AvgIpc) is 2.71. The summed E-state index contributed by atoms with van der Waals surface area (Å²) in [7, 11) is -1.36.